The number of hydrogen-bond acceptors (Lipinski definition) is 3. The van der Waals surface area contributed by atoms with Gasteiger partial charge in [-0.2, -0.15) is 0 Å². The molecule has 1 aromatic heterocycles. The number of anilines is 2. The summed E-state index contributed by atoms with van der Waals surface area (Å²) in [7, 11) is 0. The largest absolute Gasteiger partial charge is 0.360 e. The van der Waals surface area contributed by atoms with E-state index in [0.29, 0.717) is 5.41 Å². The molecule has 0 radical (unpaired) electrons. The Balaban J connectivity index is 1.71. The summed E-state index contributed by atoms with van der Waals surface area (Å²) in [6, 6.07) is 4.10. The monoisotopic (exact) mass is 245 g/mol. The number of fused-ring (bicyclic) bond motifs is 1. The van der Waals surface area contributed by atoms with Gasteiger partial charge in [-0.3, -0.25) is 0 Å². The maximum Gasteiger partial charge on any atom is 0.151 e. The number of rotatable bonds is 0. The van der Waals surface area contributed by atoms with E-state index in [9.17, 15) is 0 Å². The van der Waals surface area contributed by atoms with Crippen LogP contribution in [0.2, 0.25) is 0 Å². The van der Waals surface area contributed by atoms with Crippen LogP contribution < -0.4 is 10.6 Å². The smallest absolute Gasteiger partial charge is 0.151 e. The fraction of sp³-hybridized carbons (Fsp3) is 0.667. The Hall–Kier alpha value is -1.25. The van der Waals surface area contributed by atoms with Crippen LogP contribution in [0.1, 0.15) is 46.5 Å². The second-order valence-corrected chi connectivity index (χ2v) is 6.87. The summed E-state index contributed by atoms with van der Waals surface area (Å²) in [6.07, 6.45) is 6.80. The summed E-state index contributed by atoms with van der Waals surface area (Å²) >= 11 is 0. The minimum atomic E-state index is 0.0679. The molecule has 98 valence electrons. The van der Waals surface area contributed by atoms with Crippen LogP contribution in [-0.2, 0) is 0 Å². The molecule has 3 rings (SSSR count). The third kappa shape index (κ3) is 1.96. The Morgan fingerprint density at radius 3 is 2.56 bits per heavy atom. The highest BCUT2D eigenvalue weighted by Gasteiger charge is 2.42. The van der Waals surface area contributed by atoms with Crippen LogP contribution in [0.4, 0.5) is 11.5 Å². The summed E-state index contributed by atoms with van der Waals surface area (Å²) in [5.74, 6) is 1.86. The zero-order valence-electron chi connectivity index (χ0n) is 11.6. The Morgan fingerprint density at radius 2 is 1.94 bits per heavy atom. The molecule has 1 aliphatic heterocycles. The van der Waals surface area contributed by atoms with Gasteiger partial charge in [0.1, 0.15) is 5.66 Å². The number of nitrogens with zero attached hydrogens (tertiary/aromatic N) is 1. The number of nitrogens with one attached hydrogen (secondary N) is 2. The first kappa shape index (κ1) is 11.8. The van der Waals surface area contributed by atoms with Crippen molar-refractivity contribution in [2.45, 2.75) is 52.1 Å². The van der Waals surface area contributed by atoms with Gasteiger partial charge in [0.25, 0.3) is 0 Å². The first-order valence-electron chi connectivity index (χ1n) is 7.00. The molecule has 0 saturated heterocycles. The predicted molar refractivity (Wildman–Crippen MR) is 75.6 cm³/mol. The highest BCUT2D eigenvalue weighted by atomic mass is 15.3. The van der Waals surface area contributed by atoms with Gasteiger partial charge < -0.3 is 10.6 Å². The Kier molecular flexibility index (Phi) is 2.54. The lowest BCUT2D eigenvalue weighted by molar-refractivity contribution is 0.153. The zero-order valence-corrected chi connectivity index (χ0v) is 11.6. The van der Waals surface area contributed by atoms with Gasteiger partial charge in [-0.1, -0.05) is 20.8 Å². The van der Waals surface area contributed by atoms with Crippen molar-refractivity contribution < 1.29 is 0 Å². The highest BCUT2D eigenvalue weighted by molar-refractivity contribution is 5.72. The topological polar surface area (TPSA) is 37.0 Å². The third-order valence-electron chi connectivity index (χ3n) is 4.60. The SMILES string of the molecule is CC(C)(C)C1CCC2(CC1)Nc1cccnc1N2. The molecule has 2 aliphatic rings. The molecule has 1 aliphatic carbocycles. The van der Waals surface area contributed by atoms with Crippen LogP contribution in [-0.4, -0.2) is 10.6 Å². The Labute approximate surface area is 109 Å². The van der Waals surface area contributed by atoms with Crippen molar-refractivity contribution in [3.8, 4) is 0 Å². The van der Waals surface area contributed by atoms with Gasteiger partial charge in [0.2, 0.25) is 0 Å². The van der Waals surface area contributed by atoms with Crippen molar-refractivity contribution in [3.63, 3.8) is 0 Å². The average molecular weight is 245 g/mol. The van der Waals surface area contributed by atoms with Crippen LogP contribution in [0.15, 0.2) is 18.3 Å². The summed E-state index contributed by atoms with van der Waals surface area (Å²) in [4.78, 5) is 4.40. The lowest BCUT2D eigenvalue weighted by atomic mass is 9.70. The van der Waals surface area contributed by atoms with Gasteiger partial charge in [0.05, 0.1) is 5.69 Å². The van der Waals surface area contributed by atoms with Crippen molar-refractivity contribution in [3.05, 3.63) is 18.3 Å². The molecule has 0 atom stereocenters. The average Bonchev–Trinajstić information content (AvgIpc) is 2.65. The molecular weight excluding hydrogens is 222 g/mol. The van der Waals surface area contributed by atoms with Gasteiger partial charge in [-0.15, -0.1) is 0 Å². The van der Waals surface area contributed by atoms with Crippen molar-refractivity contribution in [1.29, 1.82) is 0 Å². The maximum absolute atomic E-state index is 4.40. The van der Waals surface area contributed by atoms with E-state index in [1.807, 2.05) is 12.3 Å². The number of aromatic nitrogens is 1. The first-order valence-corrected chi connectivity index (χ1v) is 7.00. The molecule has 1 fully saturated rings. The standard InChI is InChI=1S/C15H23N3/c1-14(2,3)11-6-8-15(9-7-11)17-12-5-4-10-16-13(12)18-15/h4-5,10-11,17H,6-9H2,1-3H3,(H,16,18). The normalized spacial score (nSPS) is 30.7. The van der Waals surface area contributed by atoms with Crippen LogP contribution >= 0.6 is 0 Å². The van der Waals surface area contributed by atoms with E-state index in [1.165, 1.54) is 25.7 Å². The van der Waals surface area contributed by atoms with Crippen LogP contribution in [0.3, 0.4) is 0 Å². The van der Waals surface area contributed by atoms with Gasteiger partial charge in [0, 0.05) is 6.20 Å². The molecule has 0 bridgehead atoms. The minimum absolute atomic E-state index is 0.0679. The van der Waals surface area contributed by atoms with Crippen LogP contribution in [0, 0.1) is 11.3 Å². The lowest BCUT2D eigenvalue weighted by Crippen LogP contribution is -2.46. The van der Waals surface area contributed by atoms with E-state index >= 15 is 0 Å². The maximum atomic E-state index is 4.40. The summed E-state index contributed by atoms with van der Waals surface area (Å²) in [5, 5.41) is 7.25. The summed E-state index contributed by atoms with van der Waals surface area (Å²) < 4.78 is 0. The molecule has 0 unspecified atom stereocenters. The second kappa shape index (κ2) is 3.87. The third-order valence-corrected chi connectivity index (χ3v) is 4.60. The molecule has 1 spiro atoms. The molecule has 1 aromatic rings. The van der Waals surface area contributed by atoms with Gasteiger partial charge in [0.15, 0.2) is 5.82 Å². The summed E-state index contributed by atoms with van der Waals surface area (Å²) in [6.45, 7) is 7.09. The van der Waals surface area contributed by atoms with Gasteiger partial charge >= 0.3 is 0 Å². The molecule has 1 saturated carbocycles. The van der Waals surface area contributed by atoms with E-state index in [4.69, 9.17) is 0 Å². The van der Waals surface area contributed by atoms with Crippen LogP contribution in [0.25, 0.3) is 0 Å². The highest BCUT2D eigenvalue weighted by Crippen LogP contribution is 2.45. The fourth-order valence-corrected chi connectivity index (χ4v) is 3.35. The fourth-order valence-electron chi connectivity index (χ4n) is 3.35. The molecule has 0 amide bonds. The van der Waals surface area contributed by atoms with Gasteiger partial charge in [-0.25, -0.2) is 4.98 Å². The van der Waals surface area contributed by atoms with Crippen molar-refractivity contribution in [2.24, 2.45) is 11.3 Å². The van der Waals surface area contributed by atoms with E-state index in [2.05, 4.69) is 42.5 Å². The summed E-state index contributed by atoms with van der Waals surface area (Å²) in [5.41, 5.74) is 1.66. The number of pyridine rings is 1. The Bertz CT molecular complexity index is 412. The molecule has 0 aromatic carbocycles. The second-order valence-electron chi connectivity index (χ2n) is 6.87. The predicted octanol–water partition coefficient (Wildman–Crippen LogP) is 3.85. The molecule has 18 heavy (non-hydrogen) atoms. The van der Waals surface area contributed by atoms with E-state index in [0.717, 1.165) is 17.4 Å². The minimum Gasteiger partial charge on any atom is -0.360 e. The van der Waals surface area contributed by atoms with E-state index < -0.39 is 0 Å². The van der Waals surface area contributed by atoms with Gasteiger partial charge in [-0.05, 0) is 49.1 Å². The first-order chi connectivity index (χ1) is 8.49. The lowest BCUT2D eigenvalue weighted by Gasteiger charge is -2.42. The van der Waals surface area contributed by atoms with E-state index in [1.54, 1.807) is 0 Å². The van der Waals surface area contributed by atoms with E-state index in [-0.39, 0.29) is 5.66 Å². The molecule has 2 heterocycles. The van der Waals surface area contributed by atoms with Crippen LogP contribution in [0.5, 0.6) is 0 Å². The molecule has 2 N–H and O–H groups in total. The zero-order chi connectivity index (χ0) is 12.8. The molecule has 3 nitrogen and oxygen atoms in total. The number of hydrogen-bond donors (Lipinski definition) is 2. The Morgan fingerprint density at radius 1 is 1.22 bits per heavy atom. The molecular formula is C15H23N3. The molecule has 3 heteroatoms. The quantitative estimate of drug-likeness (QED) is 0.729. The van der Waals surface area contributed by atoms with Crippen molar-refractivity contribution in [2.75, 3.05) is 10.6 Å². The van der Waals surface area contributed by atoms with Crippen molar-refractivity contribution >= 4 is 11.5 Å². The van der Waals surface area contributed by atoms with Crippen molar-refractivity contribution in [1.82, 2.24) is 4.98 Å².